The molecule has 0 aliphatic carbocycles. The summed E-state index contributed by atoms with van der Waals surface area (Å²) in [5.41, 5.74) is 1.83. The summed E-state index contributed by atoms with van der Waals surface area (Å²) in [6.07, 6.45) is 8.03. The van der Waals surface area contributed by atoms with Gasteiger partial charge in [-0.2, -0.15) is 5.10 Å². The number of hydrogen-bond acceptors (Lipinski definition) is 5. The van der Waals surface area contributed by atoms with Crippen LogP contribution in [0.15, 0.2) is 30.6 Å². The second kappa shape index (κ2) is 9.69. The van der Waals surface area contributed by atoms with Crippen molar-refractivity contribution in [3.8, 4) is 17.1 Å². The monoisotopic (exact) mass is 358 g/mol. The van der Waals surface area contributed by atoms with Crippen molar-refractivity contribution in [2.45, 2.75) is 45.8 Å². The van der Waals surface area contributed by atoms with Crippen LogP contribution in [0.25, 0.3) is 11.4 Å². The SMILES string of the molecule is CCCCOC(C)n1nccc1-c1ccc(OCC2CCNCC2)cn1. The molecule has 1 aliphatic rings. The predicted octanol–water partition coefficient (Wildman–Crippen LogP) is 3.66. The Bertz CT molecular complexity index is 650. The molecule has 0 spiro atoms. The van der Waals surface area contributed by atoms with Crippen molar-refractivity contribution >= 4 is 0 Å². The Balaban J connectivity index is 1.59. The highest BCUT2D eigenvalue weighted by Gasteiger charge is 2.15. The summed E-state index contributed by atoms with van der Waals surface area (Å²) >= 11 is 0. The zero-order chi connectivity index (χ0) is 18.2. The smallest absolute Gasteiger partial charge is 0.148 e. The number of ether oxygens (including phenoxy) is 2. The van der Waals surface area contributed by atoms with Gasteiger partial charge in [0.1, 0.15) is 12.0 Å². The summed E-state index contributed by atoms with van der Waals surface area (Å²) in [6, 6.07) is 5.95. The average Bonchev–Trinajstić information content (AvgIpc) is 3.18. The van der Waals surface area contributed by atoms with Crippen molar-refractivity contribution in [1.29, 1.82) is 0 Å². The number of rotatable bonds is 9. The number of piperidine rings is 1. The Morgan fingerprint density at radius 2 is 2.12 bits per heavy atom. The van der Waals surface area contributed by atoms with Gasteiger partial charge in [-0.1, -0.05) is 13.3 Å². The minimum Gasteiger partial charge on any atom is -0.492 e. The predicted molar refractivity (Wildman–Crippen MR) is 102 cm³/mol. The molecule has 1 unspecified atom stereocenters. The van der Waals surface area contributed by atoms with Gasteiger partial charge >= 0.3 is 0 Å². The molecule has 0 radical (unpaired) electrons. The fourth-order valence-corrected chi connectivity index (χ4v) is 3.16. The van der Waals surface area contributed by atoms with Crippen molar-refractivity contribution in [1.82, 2.24) is 20.1 Å². The topological polar surface area (TPSA) is 61.2 Å². The highest BCUT2D eigenvalue weighted by atomic mass is 16.5. The van der Waals surface area contributed by atoms with Gasteiger partial charge in [-0.15, -0.1) is 0 Å². The Morgan fingerprint density at radius 3 is 2.85 bits per heavy atom. The lowest BCUT2D eigenvalue weighted by Crippen LogP contribution is -2.30. The molecule has 2 aromatic rings. The Morgan fingerprint density at radius 1 is 1.27 bits per heavy atom. The Hall–Kier alpha value is -1.92. The lowest BCUT2D eigenvalue weighted by atomic mass is 9.99. The minimum atomic E-state index is -0.107. The molecule has 1 atom stereocenters. The van der Waals surface area contributed by atoms with Crippen LogP contribution in [0.2, 0.25) is 0 Å². The van der Waals surface area contributed by atoms with Gasteiger partial charge < -0.3 is 14.8 Å². The zero-order valence-corrected chi connectivity index (χ0v) is 15.9. The molecule has 2 aromatic heterocycles. The first kappa shape index (κ1) is 18.9. The summed E-state index contributed by atoms with van der Waals surface area (Å²) < 4.78 is 13.7. The van der Waals surface area contributed by atoms with Gasteiger partial charge in [0.2, 0.25) is 0 Å². The van der Waals surface area contributed by atoms with E-state index in [1.54, 1.807) is 12.4 Å². The van der Waals surface area contributed by atoms with Gasteiger partial charge in [0.25, 0.3) is 0 Å². The molecule has 1 N–H and O–H groups in total. The van der Waals surface area contributed by atoms with E-state index in [0.29, 0.717) is 5.92 Å². The molecule has 6 heteroatoms. The van der Waals surface area contributed by atoms with E-state index in [-0.39, 0.29) is 6.23 Å². The highest BCUT2D eigenvalue weighted by Crippen LogP contribution is 2.23. The van der Waals surface area contributed by atoms with Gasteiger partial charge in [0, 0.05) is 12.8 Å². The number of hydrogen-bond donors (Lipinski definition) is 1. The average molecular weight is 358 g/mol. The van der Waals surface area contributed by atoms with Crippen molar-refractivity contribution in [2.75, 3.05) is 26.3 Å². The van der Waals surface area contributed by atoms with Crippen LogP contribution in [0.5, 0.6) is 5.75 Å². The molecule has 0 amide bonds. The van der Waals surface area contributed by atoms with Gasteiger partial charge in [-0.3, -0.25) is 4.98 Å². The largest absolute Gasteiger partial charge is 0.492 e. The fourth-order valence-electron chi connectivity index (χ4n) is 3.16. The molecule has 1 aliphatic heterocycles. The maximum Gasteiger partial charge on any atom is 0.148 e. The van der Waals surface area contributed by atoms with E-state index < -0.39 is 0 Å². The van der Waals surface area contributed by atoms with E-state index in [4.69, 9.17) is 9.47 Å². The summed E-state index contributed by atoms with van der Waals surface area (Å²) in [4.78, 5) is 4.57. The number of pyridine rings is 1. The van der Waals surface area contributed by atoms with Gasteiger partial charge in [0.15, 0.2) is 0 Å². The van der Waals surface area contributed by atoms with E-state index in [0.717, 1.165) is 56.3 Å². The standard InChI is InChI=1S/C20H30N4O2/c1-3-4-13-25-16(2)24-20(9-12-23-24)19-6-5-18(14-22-19)26-15-17-7-10-21-11-8-17/h5-6,9,12,14,16-17,21H,3-4,7-8,10-11,13,15H2,1-2H3. The molecular formula is C20H30N4O2. The van der Waals surface area contributed by atoms with E-state index >= 15 is 0 Å². The van der Waals surface area contributed by atoms with Gasteiger partial charge in [0.05, 0.1) is 24.2 Å². The van der Waals surface area contributed by atoms with Gasteiger partial charge in [-0.25, -0.2) is 4.68 Å². The van der Waals surface area contributed by atoms with E-state index in [1.807, 2.05) is 29.8 Å². The third-order valence-corrected chi connectivity index (χ3v) is 4.81. The normalized spacial score (nSPS) is 16.5. The number of unbranched alkanes of at least 4 members (excludes halogenated alkanes) is 1. The molecule has 142 valence electrons. The van der Waals surface area contributed by atoms with Crippen molar-refractivity contribution in [3.05, 3.63) is 30.6 Å². The number of nitrogens with zero attached hydrogens (tertiary/aromatic N) is 3. The van der Waals surface area contributed by atoms with Crippen LogP contribution in [-0.2, 0) is 4.74 Å². The van der Waals surface area contributed by atoms with Crippen LogP contribution >= 0.6 is 0 Å². The maximum atomic E-state index is 5.92. The molecule has 1 fully saturated rings. The van der Waals surface area contributed by atoms with Crippen LogP contribution < -0.4 is 10.1 Å². The van der Waals surface area contributed by atoms with E-state index in [9.17, 15) is 0 Å². The summed E-state index contributed by atoms with van der Waals surface area (Å²) in [6.45, 7) is 7.87. The number of aromatic nitrogens is 3. The van der Waals surface area contributed by atoms with Crippen molar-refractivity contribution in [2.24, 2.45) is 5.92 Å². The molecule has 0 bridgehead atoms. The fraction of sp³-hybridized carbons (Fsp3) is 0.600. The van der Waals surface area contributed by atoms with Crippen LogP contribution in [-0.4, -0.2) is 41.1 Å². The molecule has 0 saturated carbocycles. The first-order chi connectivity index (χ1) is 12.8. The molecular weight excluding hydrogens is 328 g/mol. The molecule has 26 heavy (non-hydrogen) atoms. The summed E-state index contributed by atoms with van der Waals surface area (Å²) in [5.74, 6) is 1.46. The third-order valence-electron chi connectivity index (χ3n) is 4.81. The van der Waals surface area contributed by atoms with Crippen molar-refractivity contribution in [3.63, 3.8) is 0 Å². The van der Waals surface area contributed by atoms with Crippen LogP contribution in [0.4, 0.5) is 0 Å². The first-order valence-electron chi connectivity index (χ1n) is 9.73. The highest BCUT2D eigenvalue weighted by molar-refractivity contribution is 5.54. The minimum absolute atomic E-state index is 0.107. The molecule has 6 nitrogen and oxygen atoms in total. The second-order valence-electron chi connectivity index (χ2n) is 6.87. The van der Waals surface area contributed by atoms with Crippen LogP contribution in [0.3, 0.4) is 0 Å². The first-order valence-corrected chi connectivity index (χ1v) is 9.73. The van der Waals surface area contributed by atoms with Crippen LogP contribution in [0, 0.1) is 5.92 Å². The Kier molecular flexibility index (Phi) is 7.03. The molecule has 3 rings (SSSR count). The molecule has 3 heterocycles. The van der Waals surface area contributed by atoms with E-state index in [2.05, 4.69) is 22.3 Å². The summed E-state index contributed by atoms with van der Waals surface area (Å²) in [5, 5.41) is 7.79. The zero-order valence-electron chi connectivity index (χ0n) is 15.9. The van der Waals surface area contributed by atoms with E-state index in [1.165, 1.54) is 12.8 Å². The maximum absolute atomic E-state index is 5.92. The Labute approximate surface area is 155 Å². The third kappa shape index (κ3) is 5.05. The molecule has 1 saturated heterocycles. The van der Waals surface area contributed by atoms with Crippen LogP contribution in [0.1, 0.15) is 45.8 Å². The van der Waals surface area contributed by atoms with Gasteiger partial charge in [-0.05, 0) is 63.4 Å². The summed E-state index contributed by atoms with van der Waals surface area (Å²) in [7, 11) is 0. The number of nitrogens with one attached hydrogen (secondary N) is 1. The quantitative estimate of drug-likeness (QED) is 0.693. The lowest BCUT2D eigenvalue weighted by molar-refractivity contribution is 0.00756. The lowest BCUT2D eigenvalue weighted by Gasteiger charge is -2.22. The molecule has 0 aromatic carbocycles. The second-order valence-corrected chi connectivity index (χ2v) is 6.87. The van der Waals surface area contributed by atoms with Crippen molar-refractivity contribution < 1.29 is 9.47 Å².